The molecule has 5 heteroatoms. The van der Waals surface area contributed by atoms with Crippen LogP contribution in [0.15, 0.2) is 12.3 Å². The SMILES string of the molecule is COc1c(C)cc(C(=O)O)c2[nH]ncc12. The van der Waals surface area contributed by atoms with Crippen molar-refractivity contribution in [3.63, 3.8) is 0 Å². The minimum absolute atomic E-state index is 0.209. The number of nitrogens with one attached hydrogen (secondary N) is 1. The quantitative estimate of drug-likeness (QED) is 0.782. The molecule has 1 heterocycles. The molecule has 0 aliphatic heterocycles. The Kier molecular flexibility index (Phi) is 2.07. The van der Waals surface area contributed by atoms with Gasteiger partial charge in [-0.2, -0.15) is 5.10 Å². The molecule has 0 unspecified atom stereocenters. The fourth-order valence-electron chi connectivity index (χ4n) is 1.67. The summed E-state index contributed by atoms with van der Waals surface area (Å²) in [6, 6.07) is 1.57. The Morgan fingerprint density at radius 1 is 1.60 bits per heavy atom. The Labute approximate surface area is 85.7 Å². The van der Waals surface area contributed by atoms with Crippen LogP contribution < -0.4 is 4.74 Å². The van der Waals surface area contributed by atoms with Crippen LogP contribution in [0.2, 0.25) is 0 Å². The first-order valence-electron chi connectivity index (χ1n) is 4.39. The number of H-pyrrole nitrogens is 1. The average molecular weight is 206 g/mol. The molecule has 15 heavy (non-hydrogen) atoms. The topological polar surface area (TPSA) is 75.2 Å². The second-order valence-corrected chi connectivity index (χ2v) is 3.24. The molecule has 0 saturated carbocycles. The molecule has 0 fully saturated rings. The lowest BCUT2D eigenvalue weighted by Crippen LogP contribution is -2.00. The average Bonchev–Trinajstić information content (AvgIpc) is 2.64. The molecule has 0 aliphatic rings. The maximum atomic E-state index is 11.0. The number of aryl methyl sites for hydroxylation is 1. The van der Waals surface area contributed by atoms with Crippen molar-refractivity contribution in [2.45, 2.75) is 6.92 Å². The number of carboxylic acid groups (broad SMARTS) is 1. The normalized spacial score (nSPS) is 10.5. The van der Waals surface area contributed by atoms with E-state index in [1.807, 2.05) is 0 Å². The highest BCUT2D eigenvalue weighted by atomic mass is 16.5. The first-order chi connectivity index (χ1) is 7.15. The predicted molar refractivity (Wildman–Crippen MR) is 54.3 cm³/mol. The number of carboxylic acids is 1. The van der Waals surface area contributed by atoms with E-state index in [0.717, 1.165) is 5.56 Å². The van der Waals surface area contributed by atoms with E-state index in [2.05, 4.69) is 10.2 Å². The van der Waals surface area contributed by atoms with E-state index in [1.54, 1.807) is 26.3 Å². The van der Waals surface area contributed by atoms with Crippen LogP contribution >= 0.6 is 0 Å². The highest BCUT2D eigenvalue weighted by molar-refractivity contribution is 6.04. The molecule has 78 valence electrons. The summed E-state index contributed by atoms with van der Waals surface area (Å²) in [4.78, 5) is 11.0. The number of benzene rings is 1. The summed E-state index contributed by atoms with van der Waals surface area (Å²) >= 11 is 0. The van der Waals surface area contributed by atoms with E-state index in [9.17, 15) is 4.79 Å². The number of carbonyl (C=O) groups is 1. The number of nitrogens with zero attached hydrogens (tertiary/aromatic N) is 1. The van der Waals surface area contributed by atoms with Gasteiger partial charge in [-0.1, -0.05) is 0 Å². The number of aromatic amines is 1. The zero-order valence-corrected chi connectivity index (χ0v) is 8.37. The molecule has 0 saturated heterocycles. The van der Waals surface area contributed by atoms with E-state index in [0.29, 0.717) is 16.7 Å². The molecule has 0 atom stereocenters. The van der Waals surface area contributed by atoms with Crippen molar-refractivity contribution in [1.29, 1.82) is 0 Å². The van der Waals surface area contributed by atoms with E-state index in [4.69, 9.17) is 9.84 Å². The van der Waals surface area contributed by atoms with Crippen molar-refractivity contribution in [3.05, 3.63) is 23.4 Å². The van der Waals surface area contributed by atoms with E-state index >= 15 is 0 Å². The van der Waals surface area contributed by atoms with Crippen LogP contribution in [0.5, 0.6) is 5.75 Å². The van der Waals surface area contributed by atoms with Crippen molar-refractivity contribution in [2.24, 2.45) is 0 Å². The summed E-state index contributed by atoms with van der Waals surface area (Å²) in [7, 11) is 1.55. The molecule has 5 nitrogen and oxygen atoms in total. The van der Waals surface area contributed by atoms with E-state index < -0.39 is 5.97 Å². The lowest BCUT2D eigenvalue weighted by Gasteiger charge is -2.07. The van der Waals surface area contributed by atoms with Gasteiger partial charge in [-0.25, -0.2) is 4.79 Å². The highest BCUT2D eigenvalue weighted by Gasteiger charge is 2.15. The first-order valence-corrected chi connectivity index (χ1v) is 4.39. The van der Waals surface area contributed by atoms with Gasteiger partial charge < -0.3 is 9.84 Å². The molecule has 2 rings (SSSR count). The fraction of sp³-hybridized carbons (Fsp3) is 0.200. The van der Waals surface area contributed by atoms with E-state index in [-0.39, 0.29) is 5.56 Å². The molecule has 2 N–H and O–H groups in total. The summed E-state index contributed by atoms with van der Waals surface area (Å²) < 4.78 is 5.20. The molecular formula is C10H10N2O3. The van der Waals surface area contributed by atoms with Crippen molar-refractivity contribution in [1.82, 2.24) is 10.2 Å². The van der Waals surface area contributed by atoms with Gasteiger partial charge in [-0.3, -0.25) is 5.10 Å². The van der Waals surface area contributed by atoms with Crippen molar-refractivity contribution in [2.75, 3.05) is 7.11 Å². The lowest BCUT2D eigenvalue weighted by atomic mass is 10.1. The summed E-state index contributed by atoms with van der Waals surface area (Å²) in [5, 5.41) is 16.2. The standard InChI is InChI=1S/C10H10N2O3/c1-5-3-6(10(13)14)8-7(4-11-12-8)9(5)15-2/h3-4H,1-2H3,(H,11,12)(H,13,14). The van der Waals surface area contributed by atoms with Crippen molar-refractivity contribution < 1.29 is 14.6 Å². The number of aromatic nitrogens is 2. The monoisotopic (exact) mass is 206 g/mol. The van der Waals surface area contributed by atoms with Crippen LogP contribution in [-0.4, -0.2) is 28.4 Å². The Balaban J connectivity index is 2.86. The van der Waals surface area contributed by atoms with Crippen LogP contribution in [0.4, 0.5) is 0 Å². The Hall–Kier alpha value is -2.04. The minimum Gasteiger partial charge on any atom is -0.496 e. The van der Waals surface area contributed by atoms with Gasteiger partial charge in [0.2, 0.25) is 0 Å². The van der Waals surface area contributed by atoms with Crippen molar-refractivity contribution in [3.8, 4) is 5.75 Å². The number of ether oxygens (including phenoxy) is 1. The Morgan fingerprint density at radius 2 is 2.33 bits per heavy atom. The number of rotatable bonds is 2. The van der Waals surface area contributed by atoms with Crippen LogP contribution in [0.1, 0.15) is 15.9 Å². The summed E-state index contributed by atoms with van der Waals surface area (Å²) in [6.45, 7) is 1.80. The second-order valence-electron chi connectivity index (χ2n) is 3.24. The van der Waals surface area contributed by atoms with Gasteiger partial charge in [0.15, 0.2) is 0 Å². The lowest BCUT2D eigenvalue weighted by molar-refractivity contribution is 0.0698. The Bertz CT molecular complexity index is 531. The highest BCUT2D eigenvalue weighted by Crippen LogP contribution is 2.30. The van der Waals surface area contributed by atoms with Gasteiger partial charge in [0, 0.05) is 0 Å². The van der Waals surface area contributed by atoms with Crippen molar-refractivity contribution >= 4 is 16.9 Å². The van der Waals surface area contributed by atoms with Gasteiger partial charge in [0.05, 0.1) is 29.8 Å². The smallest absolute Gasteiger partial charge is 0.337 e. The zero-order chi connectivity index (χ0) is 11.0. The summed E-state index contributed by atoms with van der Waals surface area (Å²) in [6.07, 6.45) is 1.56. The number of hydrogen-bond acceptors (Lipinski definition) is 3. The molecule has 2 aromatic rings. The molecule has 1 aromatic heterocycles. The molecule has 0 aliphatic carbocycles. The van der Waals surface area contributed by atoms with Gasteiger partial charge >= 0.3 is 5.97 Å². The summed E-state index contributed by atoms with van der Waals surface area (Å²) in [5.41, 5.74) is 1.48. The van der Waals surface area contributed by atoms with E-state index in [1.165, 1.54) is 0 Å². The zero-order valence-electron chi connectivity index (χ0n) is 8.37. The van der Waals surface area contributed by atoms with Crippen LogP contribution in [0.3, 0.4) is 0 Å². The van der Waals surface area contributed by atoms with Gasteiger partial charge in [-0.05, 0) is 18.6 Å². The predicted octanol–water partition coefficient (Wildman–Crippen LogP) is 1.58. The molecule has 0 bridgehead atoms. The Morgan fingerprint density at radius 3 is 2.93 bits per heavy atom. The maximum absolute atomic E-state index is 11.0. The number of hydrogen-bond donors (Lipinski definition) is 2. The molecular weight excluding hydrogens is 196 g/mol. The fourth-order valence-corrected chi connectivity index (χ4v) is 1.67. The number of aromatic carboxylic acids is 1. The third-order valence-electron chi connectivity index (χ3n) is 2.31. The minimum atomic E-state index is -0.977. The summed E-state index contributed by atoms with van der Waals surface area (Å²) in [5.74, 6) is -0.321. The van der Waals surface area contributed by atoms with Gasteiger partial charge in [0.25, 0.3) is 0 Å². The molecule has 0 radical (unpaired) electrons. The molecule has 1 aromatic carbocycles. The molecule has 0 amide bonds. The number of methoxy groups -OCH3 is 1. The van der Waals surface area contributed by atoms with Gasteiger partial charge in [0.1, 0.15) is 5.75 Å². The third-order valence-corrected chi connectivity index (χ3v) is 2.31. The maximum Gasteiger partial charge on any atom is 0.337 e. The van der Waals surface area contributed by atoms with Gasteiger partial charge in [-0.15, -0.1) is 0 Å². The van der Waals surface area contributed by atoms with Crippen LogP contribution in [0.25, 0.3) is 10.9 Å². The second kappa shape index (κ2) is 3.27. The van der Waals surface area contributed by atoms with Crippen LogP contribution in [0, 0.1) is 6.92 Å². The third kappa shape index (κ3) is 1.32. The molecule has 0 spiro atoms. The van der Waals surface area contributed by atoms with Crippen LogP contribution in [-0.2, 0) is 0 Å². The number of fused-ring (bicyclic) bond motifs is 1. The first kappa shape index (κ1) is 9.51. The largest absolute Gasteiger partial charge is 0.496 e.